The van der Waals surface area contributed by atoms with Crippen molar-refractivity contribution in [2.45, 2.75) is 43.0 Å². The number of thiocarbonyl (C=S) groups is 1. The largest absolute Gasteiger partial charge is 0.290 e. The van der Waals surface area contributed by atoms with Gasteiger partial charge in [-0.1, -0.05) is 55.4 Å². The Morgan fingerprint density at radius 2 is 1.91 bits per heavy atom. The lowest BCUT2D eigenvalue weighted by atomic mass is 9.94. The third-order valence-electron chi connectivity index (χ3n) is 4.18. The number of hydrogen-bond acceptors (Lipinski definition) is 4. The third kappa shape index (κ3) is 3.42. The Morgan fingerprint density at radius 1 is 1.23 bits per heavy atom. The summed E-state index contributed by atoms with van der Waals surface area (Å²) in [6.45, 7) is 0. The minimum atomic E-state index is 0.0934. The summed E-state index contributed by atoms with van der Waals surface area (Å²) in [4.78, 5) is 16.5. The van der Waals surface area contributed by atoms with Gasteiger partial charge in [-0.2, -0.15) is 0 Å². The predicted octanol–water partition coefficient (Wildman–Crippen LogP) is 4.94. The zero-order valence-electron chi connectivity index (χ0n) is 12.6. The number of rotatable bonds is 3. The van der Waals surface area contributed by atoms with E-state index < -0.39 is 0 Å². The standard InChI is InChI=1S/C17H19NOS3/c1-21-14-9-7-12(8-10-14)11-15-16(19)18(17(20)22-15)13-5-3-2-4-6-13/h7-11,13H,2-6H2,1H3/b15-11+. The Balaban J connectivity index is 1.78. The summed E-state index contributed by atoms with van der Waals surface area (Å²) in [6.07, 6.45) is 9.89. The molecule has 1 heterocycles. The SMILES string of the molecule is CSc1ccc(/C=C2/SC(=S)N(C3CCCCC3)C2=O)cc1. The van der Waals surface area contributed by atoms with Gasteiger partial charge in [0.25, 0.3) is 5.91 Å². The number of thioether (sulfide) groups is 2. The second kappa shape index (κ2) is 7.20. The first kappa shape index (κ1) is 16.1. The van der Waals surface area contributed by atoms with Gasteiger partial charge >= 0.3 is 0 Å². The summed E-state index contributed by atoms with van der Waals surface area (Å²) in [5.41, 5.74) is 1.06. The van der Waals surface area contributed by atoms with Crippen molar-refractivity contribution in [1.29, 1.82) is 0 Å². The maximum Gasteiger partial charge on any atom is 0.266 e. The van der Waals surface area contributed by atoms with E-state index in [9.17, 15) is 4.79 Å². The van der Waals surface area contributed by atoms with Gasteiger partial charge in [-0.05, 0) is 42.9 Å². The fourth-order valence-electron chi connectivity index (χ4n) is 2.99. The average Bonchev–Trinajstić information content (AvgIpc) is 2.83. The van der Waals surface area contributed by atoms with Crippen molar-refractivity contribution in [3.05, 3.63) is 34.7 Å². The monoisotopic (exact) mass is 349 g/mol. The Hall–Kier alpha value is -0.780. The lowest BCUT2D eigenvalue weighted by Crippen LogP contribution is -2.39. The summed E-state index contributed by atoms with van der Waals surface area (Å²) in [7, 11) is 0. The van der Waals surface area contributed by atoms with E-state index in [-0.39, 0.29) is 5.91 Å². The van der Waals surface area contributed by atoms with E-state index in [4.69, 9.17) is 12.2 Å². The molecule has 3 rings (SSSR count). The van der Waals surface area contributed by atoms with Crippen molar-refractivity contribution in [3.8, 4) is 0 Å². The second-order valence-corrected chi connectivity index (χ2v) is 8.17. The zero-order chi connectivity index (χ0) is 15.5. The molecular weight excluding hydrogens is 330 g/mol. The Bertz CT molecular complexity index is 603. The first-order valence-electron chi connectivity index (χ1n) is 7.60. The van der Waals surface area contributed by atoms with Crippen LogP contribution in [0.5, 0.6) is 0 Å². The molecular formula is C17H19NOS3. The van der Waals surface area contributed by atoms with Gasteiger partial charge in [0.05, 0.1) is 4.91 Å². The Labute approximate surface area is 145 Å². The van der Waals surface area contributed by atoms with Gasteiger partial charge in [-0.25, -0.2) is 0 Å². The molecule has 0 atom stereocenters. The predicted molar refractivity (Wildman–Crippen MR) is 100 cm³/mol. The quantitative estimate of drug-likeness (QED) is 0.437. The van der Waals surface area contributed by atoms with Gasteiger partial charge in [0.2, 0.25) is 0 Å². The molecule has 0 radical (unpaired) electrons. The van der Waals surface area contributed by atoms with Crippen molar-refractivity contribution in [2.75, 3.05) is 6.26 Å². The molecule has 0 aromatic heterocycles. The lowest BCUT2D eigenvalue weighted by molar-refractivity contribution is -0.124. The van der Waals surface area contributed by atoms with E-state index in [1.54, 1.807) is 11.8 Å². The Kier molecular flexibility index (Phi) is 5.26. The molecule has 1 aliphatic carbocycles. The summed E-state index contributed by atoms with van der Waals surface area (Å²) in [5.74, 6) is 0.0934. The fourth-order valence-corrected chi connectivity index (χ4v) is 4.79. The van der Waals surface area contributed by atoms with Gasteiger partial charge in [0, 0.05) is 10.9 Å². The van der Waals surface area contributed by atoms with E-state index in [1.807, 2.05) is 11.0 Å². The highest BCUT2D eigenvalue weighted by Gasteiger charge is 2.37. The lowest BCUT2D eigenvalue weighted by Gasteiger charge is -2.29. The van der Waals surface area contributed by atoms with Crippen molar-refractivity contribution in [3.63, 3.8) is 0 Å². The minimum absolute atomic E-state index is 0.0934. The highest BCUT2D eigenvalue weighted by atomic mass is 32.2. The van der Waals surface area contributed by atoms with Gasteiger partial charge < -0.3 is 0 Å². The minimum Gasteiger partial charge on any atom is -0.290 e. The average molecular weight is 350 g/mol. The van der Waals surface area contributed by atoms with Crippen LogP contribution in [0.4, 0.5) is 0 Å². The molecule has 0 spiro atoms. The van der Waals surface area contributed by atoms with Gasteiger partial charge in [0.1, 0.15) is 4.32 Å². The van der Waals surface area contributed by atoms with Crippen molar-refractivity contribution < 1.29 is 4.79 Å². The summed E-state index contributed by atoms with van der Waals surface area (Å²) in [6, 6.07) is 8.58. The maximum atomic E-state index is 12.7. The molecule has 1 aromatic carbocycles. The van der Waals surface area contributed by atoms with E-state index in [0.29, 0.717) is 6.04 Å². The topological polar surface area (TPSA) is 20.3 Å². The normalized spacial score (nSPS) is 21.9. The van der Waals surface area contributed by atoms with Crippen LogP contribution in [0, 0.1) is 0 Å². The van der Waals surface area contributed by atoms with Gasteiger partial charge in [-0.3, -0.25) is 9.69 Å². The van der Waals surface area contributed by atoms with Crippen molar-refractivity contribution in [2.24, 2.45) is 0 Å². The molecule has 0 bridgehead atoms. The molecule has 2 aliphatic rings. The third-order valence-corrected chi connectivity index (χ3v) is 6.25. The van der Waals surface area contributed by atoms with Crippen LogP contribution in [0.25, 0.3) is 6.08 Å². The number of carbonyl (C=O) groups is 1. The molecule has 2 fully saturated rings. The van der Waals surface area contributed by atoms with Crippen LogP contribution in [0.2, 0.25) is 0 Å². The van der Waals surface area contributed by atoms with Gasteiger partial charge in [0.15, 0.2) is 0 Å². The van der Waals surface area contributed by atoms with E-state index >= 15 is 0 Å². The van der Waals surface area contributed by atoms with Gasteiger partial charge in [-0.15, -0.1) is 11.8 Å². The van der Waals surface area contributed by atoms with Crippen LogP contribution in [0.3, 0.4) is 0 Å². The molecule has 0 unspecified atom stereocenters. The number of carbonyl (C=O) groups excluding carboxylic acids is 1. The van der Waals surface area contributed by atoms with Crippen LogP contribution in [-0.2, 0) is 4.79 Å². The molecule has 1 saturated heterocycles. The maximum absolute atomic E-state index is 12.7. The second-order valence-electron chi connectivity index (χ2n) is 5.62. The number of nitrogens with zero attached hydrogens (tertiary/aromatic N) is 1. The van der Waals surface area contributed by atoms with Crippen LogP contribution >= 0.6 is 35.7 Å². The van der Waals surface area contributed by atoms with Crippen LogP contribution in [-0.4, -0.2) is 27.4 Å². The molecule has 116 valence electrons. The highest BCUT2D eigenvalue weighted by molar-refractivity contribution is 8.26. The van der Waals surface area contributed by atoms with E-state index in [1.165, 1.54) is 35.9 Å². The molecule has 1 saturated carbocycles. The van der Waals surface area contributed by atoms with Crippen LogP contribution < -0.4 is 0 Å². The molecule has 1 aliphatic heterocycles. The molecule has 1 amide bonds. The van der Waals surface area contributed by atoms with E-state index in [0.717, 1.165) is 27.6 Å². The highest BCUT2D eigenvalue weighted by Crippen LogP contribution is 2.37. The first-order chi connectivity index (χ1) is 10.7. The number of amides is 1. The van der Waals surface area contributed by atoms with Crippen molar-refractivity contribution in [1.82, 2.24) is 4.90 Å². The smallest absolute Gasteiger partial charge is 0.266 e. The number of benzene rings is 1. The van der Waals surface area contributed by atoms with E-state index in [2.05, 4.69) is 30.5 Å². The fraction of sp³-hybridized carbons (Fsp3) is 0.412. The zero-order valence-corrected chi connectivity index (χ0v) is 15.0. The first-order valence-corrected chi connectivity index (χ1v) is 10.0. The molecule has 2 nitrogen and oxygen atoms in total. The Morgan fingerprint density at radius 3 is 2.55 bits per heavy atom. The molecule has 22 heavy (non-hydrogen) atoms. The molecule has 0 N–H and O–H groups in total. The van der Waals surface area contributed by atoms with Crippen LogP contribution in [0.15, 0.2) is 34.1 Å². The summed E-state index contributed by atoms with van der Waals surface area (Å²) < 4.78 is 0.726. The molecule has 5 heteroatoms. The van der Waals surface area contributed by atoms with Crippen LogP contribution in [0.1, 0.15) is 37.7 Å². The summed E-state index contributed by atoms with van der Waals surface area (Å²) >= 11 is 8.62. The summed E-state index contributed by atoms with van der Waals surface area (Å²) in [5, 5.41) is 0. The molecule has 1 aromatic rings. The van der Waals surface area contributed by atoms with Crippen molar-refractivity contribution >= 4 is 52.0 Å². The number of hydrogen-bond donors (Lipinski definition) is 0.